The zero-order valence-electron chi connectivity index (χ0n) is 9.08. The molecule has 0 bridgehead atoms. The third-order valence-electron chi connectivity index (χ3n) is 2.56. The third-order valence-corrected chi connectivity index (χ3v) is 2.96. The molecule has 1 rings (SSSR count). The number of nitrogens with zero attached hydrogens (tertiary/aromatic N) is 1. The van der Waals surface area contributed by atoms with Crippen LogP contribution in [0.1, 0.15) is 45.4 Å². The number of hydrogen-bond donors (Lipinski definition) is 0. The third kappa shape index (κ3) is 4.28. The van der Waals surface area contributed by atoms with Crippen molar-refractivity contribution in [1.29, 1.82) is 0 Å². The van der Waals surface area contributed by atoms with E-state index in [1.807, 2.05) is 6.07 Å². The molecule has 78 valence electrons. The van der Waals surface area contributed by atoms with Crippen LogP contribution < -0.4 is 5.44 Å². The molecule has 0 spiro atoms. The summed E-state index contributed by atoms with van der Waals surface area (Å²) >= 11 is 0. The normalized spacial score (nSPS) is 10.7. The summed E-state index contributed by atoms with van der Waals surface area (Å²) in [5.74, 6) is 0. The fourth-order valence-electron chi connectivity index (χ4n) is 1.66. The highest BCUT2D eigenvalue weighted by Gasteiger charge is 1.95. The van der Waals surface area contributed by atoms with Crippen LogP contribution in [0.4, 0.5) is 0 Å². The van der Waals surface area contributed by atoms with E-state index < -0.39 is 0 Å². The Kier molecular flexibility index (Phi) is 5.94. The molecule has 0 aromatic carbocycles. The van der Waals surface area contributed by atoms with Crippen molar-refractivity contribution in [2.45, 2.75) is 52.0 Å². The second kappa shape index (κ2) is 7.06. The summed E-state index contributed by atoms with van der Waals surface area (Å²) in [4.78, 5) is 0. The maximum absolute atomic E-state index is 4.37. The van der Waals surface area contributed by atoms with Crippen molar-refractivity contribution < 1.29 is 0 Å². The largest absolute Gasteiger partial charge is 0.347 e. The lowest BCUT2D eigenvalue weighted by molar-refractivity contribution is 0.564. The summed E-state index contributed by atoms with van der Waals surface area (Å²) in [7, 11) is 4.37. The maximum Gasteiger partial charge on any atom is 0.0513 e. The summed E-state index contributed by atoms with van der Waals surface area (Å²) < 4.78 is 2.21. The standard InChI is InChI=1S/C12H20NP/c1-2-3-4-5-6-7-10-13-11-8-9-12(13)14/h8-9,11H,2-7,10H2,1H3. The van der Waals surface area contributed by atoms with Crippen LogP contribution in [-0.2, 0) is 6.54 Å². The van der Waals surface area contributed by atoms with Gasteiger partial charge in [0.1, 0.15) is 0 Å². The first-order valence-electron chi connectivity index (χ1n) is 5.68. The molecule has 1 nitrogen and oxygen atoms in total. The Bertz CT molecular complexity index is 242. The van der Waals surface area contributed by atoms with E-state index in [1.165, 1.54) is 38.5 Å². The molecule has 1 aromatic rings. The molecule has 2 heteroatoms. The average molecular weight is 209 g/mol. The number of aromatic nitrogens is 1. The Labute approximate surface area is 90.1 Å². The SMILES string of the molecule is CCCCCCCCn1cccc1[P]. The Morgan fingerprint density at radius 3 is 2.50 bits per heavy atom. The van der Waals surface area contributed by atoms with Crippen LogP contribution in [0.2, 0.25) is 0 Å². The van der Waals surface area contributed by atoms with Crippen molar-refractivity contribution in [3.05, 3.63) is 18.3 Å². The Morgan fingerprint density at radius 1 is 1.14 bits per heavy atom. The molecule has 0 aliphatic heterocycles. The van der Waals surface area contributed by atoms with E-state index in [1.54, 1.807) is 0 Å². The van der Waals surface area contributed by atoms with E-state index in [9.17, 15) is 0 Å². The van der Waals surface area contributed by atoms with Crippen LogP contribution in [0.5, 0.6) is 0 Å². The lowest BCUT2D eigenvalue weighted by Gasteiger charge is -2.04. The van der Waals surface area contributed by atoms with Gasteiger partial charge >= 0.3 is 0 Å². The maximum atomic E-state index is 4.37. The van der Waals surface area contributed by atoms with Gasteiger partial charge in [-0.15, -0.1) is 0 Å². The molecular formula is C12H20NP. The molecule has 0 aliphatic rings. The van der Waals surface area contributed by atoms with E-state index in [0.29, 0.717) is 0 Å². The summed E-state index contributed by atoms with van der Waals surface area (Å²) in [5.41, 5.74) is 1.08. The lowest BCUT2D eigenvalue weighted by Crippen LogP contribution is -2.08. The topological polar surface area (TPSA) is 4.93 Å². The van der Waals surface area contributed by atoms with Crippen LogP contribution in [0.3, 0.4) is 0 Å². The van der Waals surface area contributed by atoms with Gasteiger partial charge in [0.15, 0.2) is 0 Å². The van der Waals surface area contributed by atoms with Gasteiger partial charge in [-0.1, -0.05) is 39.0 Å². The molecule has 0 saturated carbocycles. The monoisotopic (exact) mass is 209 g/mol. The van der Waals surface area contributed by atoms with E-state index >= 15 is 0 Å². The van der Waals surface area contributed by atoms with Gasteiger partial charge in [0.25, 0.3) is 0 Å². The zero-order valence-corrected chi connectivity index (χ0v) is 9.97. The van der Waals surface area contributed by atoms with Crippen molar-refractivity contribution in [3.8, 4) is 0 Å². The minimum Gasteiger partial charge on any atom is -0.347 e. The van der Waals surface area contributed by atoms with Gasteiger partial charge in [-0.3, -0.25) is 0 Å². The highest BCUT2D eigenvalue weighted by Crippen LogP contribution is 2.06. The van der Waals surface area contributed by atoms with Crippen LogP contribution in [0.15, 0.2) is 18.3 Å². The van der Waals surface area contributed by atoms with Gasteiger partial charge in [0.05, 0.1) is 5.44 Å². The van der Waals surface area contributed by atoms with Gasteiger partial charge in [-0.25, -0.2) is 0 Å². The van der Waals surface area contributed by atoms with Crippen LogP contribution in [0.25, 0.3) is 0 Å². The Balaban J connectivity index is 2.02. The van der Waals surface area contributed by atoms with Crippen molar-refractivity contribution in [1.82, 2.24) is 4.57 Å². The van der Waals surface area contributed by atoms with Crippen molar-refractivity contribution in [3.63, 3.8) is 0 Å². The van der Waals surface area contributed by atoms with Gasteiger partial charge in [0, 0.05) is 22.0 Å². The molecule has 0 atom stereocenters. The molecule has 0 N–H and O–H groups in total. The molecule has 0 aliphatic carbocycles. The fourth-order valence-corrected chi connectivity index (χ4v) is 1.91. The first kappa shape index (κ1) is 11.8. The fraction of sp³-hybridized carbons (Fsp3) is 0.667. The highest BCUT2D eigenvalue weighted by atomic mass is 31.0. The van der Waals surface area contributed by atoms with E-state index in [0.717, 1.165) is 12.0 Å². The van der Waals surface area contributed by atoms with E-state index in [2.05, 4.69) is 33.0 Å². The van der Waals surface area contributed by atoms with E-state index in [4.69, 9.17) is 0 Å². The number of aryl methyl sites for hydroxylation is 1. The number of rotatable bonds is 7. The smallest absolute Gasteiger partial charge is 0.0513 e. The van der Waals surface area contributed by atoms with E-state index in [-0.39, 0.29) is 0 Å². The summed E-state index contributed by atoms with van der Waals surface area (Å²) in [6.07, 6.45) is 10.2. The van der Waals surface area contributed by atoms with Gasteiger partial charge in [-0.2, -0.15) is 0 Å². The number of unbranched alkanes of at least 4 members (excludes halogenated alkanes) is 5. The van der Waals surface area contributed by atoms with Crippen LogP contribution >= 0.6 is 9.24 Å². The molecule has 0 fully saturated rings. The first-order chi connectivity index (χ1) is 6.84. The minimum absolute atomic E-state index is 1.08. The van der Waals surface area contributed by atoms with Crippen molar-refractivity contribution >= 4 is 14.7 Å². The van der Waals surface area contributed by atoms with Gasteiger partial charge in [-0.05, 0) is 18.6 Å². The first-order valence-corrected chi connectivity index (χ1v) is 6.13. The predicted molar refractivity (Wildman–Crippen MR) is 64.4 cm³/mol. The van der Waals surface area contributed by atoms with Crippen LogP contribution in [0, 0.1) is 0 Å². The Morgan fingerprint density at radius 2 is 1.86 bits per heavy atom. The molecule has 0 amide bonds. The summed E-state index contributed by atoms with van der Waals surface area (Å²) in [5, 5.41) is 0. The predicted octanol–water partition coefficient (Wildman–Crippen LogP) is 3.88. The Hall–Kier alpha value is -0.290. The van der Waals surface area contributed by atoms with Gasteiger partial charge < -0.3 is 4.57 Å². The lowest BCUT2D eigenvalue weighted by atomic mass is 10.1. The van der Waals surface area contributed by atoms with Crippen molar-refractivity contribution in [2.75, 3.05) is 0 Å². The molecule has 0 saturated heterocycles. The van der Waals surface area contributed by atoms with Crippen molar-refractivity contribution in [2.24, 2.45) is 0 Å². The van der Waals surface area contributed by atoms with Crippen LogP contribution in [-0.4, -0.2) is 4.57 Å². The quantitative estimate of drug-likeness (QED) is 0.474. The van der Waals surface area contributed by atoms with Gasteiger partial charge in [0.2, 0.25) is 0 Å². The zero-order chi connectivity index (χ0) is 10.2. The highest BCUT2D eigenvalue weighted by molar-refractivity contribution is 7.27. The molecule has 2 radical (unpaired) electrons. The summed E-state index contributed by atoms with van der Waals surface area (Å²) in [6, 6.07) is 4.10. The molecule has 1 heterocycles. The second-order valence-electron chi connectivity index (χ2n) is 3.83. The second-order valence-corrected chi connectivity index (χ2v) is 4.29. The summed E-state index contributed by atoms with van der Waals surface area (Å²) in [6.45, 7) is 3.38. The minimum atomic E-state index is 1.08. The molecule has 14 heavy (non-hydrogen) atoms. The number of hydrogen-bond acceptors (Lipinski definition) is 0. The molecule has 0 unspecified atom stereocenters. The molecule has 1 aromatic heterocycles. The average Bonchev–Trinajstić information content (AvgIpc) is 2.58. The molecular weight excluding hydrogens is 189 g/mol.